The van der Waals surface area contributed by atoms with Crippen molar-refractivity contribution in [1.82, 2.24) is 14.9 Å². The molecule has 1 aromatic heterocycles. The fourth-order valence-electron chi connectivity index (χ4n) is 2.55. The monoisotopic (exact) mass is 227 g/mol. The highest BCUT2D eigenvalue weighted by Crippen LogP contribution is 2.28. The van der Waals surface area contributed by atoms with Gasteiger partial charge in [-0.3, -0.25) is 0 Å². The SMILES string of the molecule is Cn1ccnc1CCC1NCc2ccccc21. The summed E-state index contributed by atoms with van der Waals surface area (Å²) in [6.45, 7) is 1.00. The van der Waals surface area contributed by atoms with Gasteiger partial charge in [0.25, 0.3) is 0 Å². The van der Waals surface area contributed by atoms with Gasteiger partial charge in [0, 0.05) is 38.4 Å². The van der Waals surface area contributed by atoms with Crippen molar-refractivity contribution in [2.45, 2.75) is 25.4 Å². The van der Waals surface area contributed by atoms with Crippen LogP contribution in [0.25, 0.3) is 0 Å². The molecule has 1 atom stereocenters. The molecule has 0 fully saturated rings. The van der Waals surface area contributed by atoms with Gasteiger partial charge >= 0.3 is 0 Å². The lowest BCUT2D eigenvalue weighted by Crippen LogP contribution is -2.13. The molecule has 1 aliphatic rings. The van der Waals surface area contributed by atoms with Crippen molar-refractivity contribution in [3.63, 3.8) is 0 Å². The summed E-state index contributed by atoms with van der Waals surface area (Å²) >= 11 is 0. The number of hydrogen-bond donors (Lipinski definition) is 1. The van der Waals surface area contributed by atoms with Crippen molar-refractivity contribution in [2.75, 3.05) is 0 Å². The predicted octanol–water partition coefficient (Wildman–Crippen LogP) is 2.20. The Morgan fingerprint density at radius 2 is 2.29 bits per heavy atom. The zero-order valence-corrected chi connectivity index (χ0v) is 10.1. The number of fused-ring (bicyclic) bond motifs is 1. The van der Waals surface area contributed by atoms with E-state index in [1.807, 2.05) is 12.4 Å². The van der Waals surface area contributed by atoms with Crippen LogP contribution in [0.5, 0.6) is 0 Å². The lowest BCUT2D eigenvalue weighted by atomic mass is 10.0. The number of nitrogens with zero attached hydrogens (tertiary/aromatic N) is 2. The molecule has 88 valence electrons. The number of nitrogens with one attached hydrogen (secondary N) is 1. The molecule has 0 aliphatic carbocycles. The highest BCUT2D eigenvalue weighted by atomic mass is 15.0. The first kappa shape index (κ1) is 10.5. The summed E-state index contributed by atoms with van der Waals surface area (Å²) in [4.78, 5) is 4.37. The van der Waals surface area contributed by atoms with E-state index >= 15 is 0 Å². The average Bonchev–Trinajstić information content (AvgIpc) is 2.93. The van der Waals surface area contributed by atoms with Crippen LogP contribution < -0.4 is 5.32 Å². The van der Waals surface area contributed by atoms with E-state index in [9.17, 15) is 0 Å². The van der Waals surface area contributed by atoms with Gasteiger partial charge in [-0.1, -0.05) is 24.3 Å². The third kappa shape index (κ3) is 1.98. The van der Waals surface area contributed by atoms with Crippen LogP contribution in [0.1, 0.15) is 29.4 Å². The lowest BCUT2D eigenvalue weighted by Gasteiger charge is -2.11. The van der Waals surface area contributed by atoms with Crippen LogP contribution >= 0.6 is 0 Å². The summed E-state index contributed by atoms with van der Waals surface area (Å²) in [6.07, 6.45) is 6.01. The van der Waals surface area contributed by atoms with E-state index in [0.717, 1.165) is 25.2 Å². The second-order valence-corrected chi connectivity index (χ2v) is 4.63. The van der Waals surface area contributed by atoms with Crippen molar-refractivity contribution >= 4 is 0 Å². The van der Waals surface area contributed by atoms with Crippen LogP contribution in [0.3, 0.4) is 0 Å². The van der Waals surface area contributed by atoms with Crippen molar-refractivity contribution in [3.8, 4) is 0 Å². The minimum atomic E-state index is 0.489. The summed E-state index contributed by atoms with van der Waals surface area (Å²) in [6, 6.07) is 9.17. The van der Waals surface area contributed by atoms with E-state index in [2.05, 4.69) is 46.2 Å². The fraction of sp³-hybridized carbons (Fsp3) is 0.357. The first-order valence-electron chi connectivity index (χ1n) is 6.12. The number of aromatic nitrogens is 2. The van der Waals surface area contributed by atoms with Gasteiger partial charge in [0.05, 0.1) is 0 Å². The largest absolute Gasteiger partial charge is 0.338 e. The molecule has 0 saturated carbocycles. The summed E-state index contributed by atoms with van der Waals surface area (Å²) in [5, 5.41) is 3.57. The summed E-state index contributed by atoms with van der Waals surface area (Å²) in [7, 11) is 2.05. The Kier molecular flexibility index (Phi) is 2.69. The van der Waals surface area contributed by atoms with Gasteiger partial charge < -0.3 is 9.88 Å². The topological polar surface area (TPSA) is 29.9 Å². The van der Waals surface area contributed by atoms with Crippen LogP contribution in [-0.4, -0.2) is 9.55 Å². The van der Waals surface area contributed by atoms with Crippen molar-refractivity contribution in [2.24, 2.45) is 7.05 Å². The highest BCUT2D eigenvalue weighted by molar-refractivity contribution is 5.33. The van der Waals surface area contributed by atoms with Gasteiger partial charge in [-0.25, -0.2) is 4.98 Å². The Balaban J connectivity index is 1.70. The van der Waals surface area contributed by atoms with E-state index in [1.54, 1.807) is 0 Å². The molecule has 1 aromatic carbocycles. The zero-order chi connectivity index (χ0) is 11.7. The smallest absolute Gasteiger partial charge is 0.108 e. The minimum absolute atomic E-state index is 0.489. The van der Waals surface area contributed by atoms with Crippen LogP contribution in [-0.2, 0) is 20.0 Å². The molecule has 0 saturated heterocycles. The quantitative estimate of drug-likeness (QED) is 0.871. The van der Waals surface area contributed by atoms with E-state index in [4.69, 9.17) is 0 Å². The Hall–Kier alpha value is -1.61. The lowest BCUT2D eigenvalue weighted by molar-refractivity contribution is 0.530. The van der Waals surface area contributed by atoms with Crippen LogP contribution in [0.2, 0.25) is 0 Å². The van der Waals surface area contributed by atoms with Crippen LogP contribution in [0, 0.1) is 0 Å². The van der Waals surface area contributed by atoms with Gasteiger partial charge in [0.2, 0.25) is 0 Å². The van der Waals surface area contributed by atoms with Crippen LogP contribution in [0.4, 0.5) is 0 Å². The number of rotatable bonds is 3. The average molecular weight is 227 g/mol. The molecular weight excluding hydrogens is 210 g/mol. The third-order valence-corrected chi connectivity index (χ3v) is 3.55. The van der Waals surface area contributed by atoms with Gasteiger partial charge in [-0.2, -0.15) is 0 Å². The number of aryl methyl sites for hydroxylation is 2. The maximum absolute atomic E-state index is 4.37. The molecule has 0 amide bonds. The van der Waals surface area contributed by atoms with Crippen molar-refractivity contribution in [1.29, 1.82) is 0 Å². The molecule has 3 rings (SSSR count). The summed E-state index contributed by atoms with van der Waals surface area (Å²) < 4.78 is 2.10. The van der Waals surface area contributed by atoms with E-state index < -0.39 is 0 Å². The molecule has 3 nitrogen and oxygen atoms in total. The number of benzene rings is 1. The second-order valence-electron chi connectivity index (χ2n) is 4.63. The first-order chi connectivity index (χ1) is 8.34. The normalized spacial score (nSPS) is 18.3. The van der Waals surface area contributed by atoms with Crippen LogP contribution in [0.15, 0.2) is 36.7 Å². The van der Waals surface area contributed by atoms with E-state index in [0.29, 0.717) is 6.04 Å². The molecule has 0 spiro atoms. The predicted molar refractivity (Wildman–Crippen MR) is 67.6 cm³/mol. The molecule has 17 heavy (non-hydrogen) atoms. The maximum Gasteiger partial charge on any atom is 0.108 e. The molecule has 1 N–H and O–H groups in total. The van der Waals surface area contributed by atoms with Crippen molar-refractivity contribution < 1.29 is 0 Å². The molecule has 1 aliphatic heterocycles. The first-order valence-corrected chi connectivity index (χ1v) is 6.12. The van der Waals surface area contributed by atoms with Gasteiger partial charge in [0.15, 0.2) is 0 Å². The Morgan fingerprint density at radius 3 is 3.12 bits per heavy atom. The number of hydrogen-bond acceptors (Lipinski definition) is 2. The minimum Gasteiger partial charge on any atom is -0.338 e. The molecule has 1 unspecified atom stereocenters. The van der Waals surface area contributed by atoms with Crippen molar-refractivity contribution in [3.05, 3.63) is 53.6 Å². The molecule has 0 bridgehead atoms. The Morgan fingerprint density at radius 1 is 1.41 bits per heavy atom. The fourth-order valence-corrected chi connectivity index (χ4v) is 2.55. The van der Waals surface area contributed by atoms with Gasteiger partial charge in [-0.15, -0.1) is 0 Å². The molecule has 2 heterocycles. The standard InChI is InChI=1S/C14H17N3/c1-17-9-8-15-14(17)7-6-13-12-5-3-2-4-11(12)10-16-13/h2-5,8-9,13,16H,6-7,10H2,1H3. The highest BCUT2D eigenvalue weighted by Gasteiger charge is 2.20. The van der Waals surface area contributed by atoms with Gasteiger partial charge in [-0.05, 0) is 17.5 Å². The van der Waals surface area contributed by atoms with Gasteiger partial charge in [0.1, 0.15) is 5.82 Å². The summed E-state index contributed by atoms with van der Waals surface area (Å²) in [5.41, 5.74) is 2.90. The molecule has 2 aromatic rings. The maximum atomic E-state index is 4.37. The second kappa shape index (κ2) is 4.34. The zero-order valence-electron chi connectivity index (χ0n) is 10.1. The summed E-state index contributed by atoms with van der Waals surface area (Å²) in [5.74, 6) is 1.16. The van der Waals surface area contributed by atoms with E-state index in [1.165, 1.54) is 11.1 Å². The Bertz CT molecular complexity index is 516. The number of imidazole rings is 1. The van der Waals surface area contributed by atoms with E-state index in [-0.39, 0.29) is 0 Å². The Labute approximate surface area is 101 Å². The third-order valence-electron chi connectivity index (χ3n) is 3.55. The molecule has 3 heteroatoms. The molecular formula is C14H17N3. The molecule has 0 radical (unpaired) electrons.